The van der Waals surface area contributed by atoms with Gasteiger partial charge in [-0.15, -0.1) is 0 Å². The van der Waals surface area contributed by atoms with Gasteiger partial charge in [0.15, 0.2) is 5.96 Å². The highest BCUT2D eigenvalue weighted by atomic mass is 16.2. The maximum atomic E-state index is 12.8. The number of piperazine rings is 1. The minimum atomic E-state index is -0.288. The molecule has 2 N–H and O–H groups in total. The molecule has 7 nitrogen and oxygen atoms in total. The summed E-state index contributed by atoms with van der Waals surface area (Å²) >= 11 is 0. The van der Waals surface area contributed by atoms with E-state index < -0.39 is 0 Å². The number of nitrogens with one attached hydrogen (secondary N) is 2. The topological polar surface area (TPSA) is 63.2 Å². The SMILES string of the molecule is CN=C(NCCCN1CCN(C)CC1c1ccccc1)NCC1(C(=O)N(C)C)CCCC1. The van der Waals surface area contributed by atoms with Crippen molar-refractivity contribution in [2.75, 3.05) is 67.5 Å². The number of rotatable bonds is 8. The molecule has 0 bridgehead atoms. The van der Waals surface area contributed by atoms with Crippen LogP contribution in [-0.2, 0) is 4.79 Å². The van der Waals surface area contributed by atoms with Gasteiger partial charge >= 0.3 is 0 Å². The average molecular weight is 443 g/mol. The van der Waals surface area contributed by atoms with E-state index in [0.717, 1.165) is 70.8 Å². The molecule has 1 aromatic rings. The zero-order chi connectivity index (χ0) is 23.0. The molecule has 1 saturated carbocycles. The summed E-state index contributed by atoms with van der Waals surface area (Å²) < 4.78 is 0. The van der Waals surface area contributed by atoms with Crippen LogP contribution >= 0.6 is 0 Å². The Bertz CT molecular complexity index is 744. The van der Waals surface area contributed by atoms with Gasteiger partial charge in [0.1, 0.15) is 0 Å². The summed E-state index contributed by atoms with van der Waals surface area (Å²) in [7, 11) is 7.73. The van der Waals surface area contributed by atoms with Crippen LogP contribution in [0.3, 0.4) is 0 Å². The Balaban J connectivity index is 1.47. The number of aliphatic imine (C=N–C) groups is 1. The molecule has 1 saturated heterocycles. The van der Waals surface area contributed by atoms with Crippen LogP contribution in [0.1, 0.15) is 43.7 Å². The summed E-state index contributed by atoms with van der Waals surface area (Å²) in [6, 6.07) is 11.3. The minimum Gasteiger partial charge on any atom is -0.356 e. The molecular weight excluding hydrogens is 400 g/mol. The molecular formula is C25H42N6O. The molecule has 178 valence electrons. The highest BCUT2D eigenvalue weighted by Gasteiger charge is 2.42. The normalized spacial score (nSPS) is 22.0. The predicted octanol–water partition coefficient (Wildman–Crippen LogP) is 2.18. The zero-order valence-electron chi connectivity index (χ0n) is 20.4. The van der Waals surface area contributed by atoms with E-state index in [0.29, 0.717) is 12.6 Å². The quantitative estimate of drug-likeness (QED) is 0.367. The van der Waals surface area contributed by atoms with Crippen LogP contribution in [0.2, 0.25) is 0 Å². The van der Waals surface area contributed by atoms with Crippen molar-refractivity contribution in [3.63, 3.8) is 0 Å². The number of nitrogens with zero attached hydrogens (tertiary/aromatic N) is 4. The summed E-state index contributed by atoms with van der Waals surface area (Å²) in [6.07, 6.45) is 5.22. The maximum absolute atomic E-state index is 12.8. The third kappa shape index (κ3) is 6.23. The molecule has 2 fully saturated rings. The zero-order valence-corrected chi connectivity index (χ0v) is 20.4. The van der Waals surface area contributed by atoms with E-state index in [9.17, 15) is 4.79 Å². The van der Waals surface area contributed by atoms with E-state index in [2.05, 4.69) is 62.8 Å². The van der Waals surface area contributed by atoms with Gasteiger partial charge in [-0.2, -0.15) is 0 Å². The Morgan fingerprint density at radius 1 is 1.16 bits per heavy atom. The fraction of sp³-hybridized carbons (Fsp3) is 0.680. The average Bonchev–Trinajstić information content (AvgIpc) is 3.29. The van der Waals surface area contributed by atoms with Crippen LogP contribution in [0.25, 0.3) is 0 Å². The van der Waals surface area contributed by atoms with Crippen molar-refractivity contribution in [2.45, 2.75) is 38.1 Å². The number of hydrogen-bond acceptors (Lipinski definition) is 4. The molecule has 1 heterocycles. The molecule has 1 aliphatic carbocycles. The van der Waals surface area contributed by atoms with Crippen LogP contribution in [0.4, 0.5) is 0 Å². The van der Waals surface area contributed by atoms with Crippen LogP contribution in [0.15, 0.2) is 35.3 Å². The minimum absolute atomic E-state index is 0.236. The standard InChI is InChI=1S/C25H42N6O/c1-26-24(28-20-25(13-8-9-14-25)23(32)29(2)3)27-15-10-16-31-18-17-30(4)19-22(31)21-11-6-5-7-12-21/h5-7,11-12,22H,8-10,13-20H2,1-4H3,(H2,26,27,28). The molecule has 1 aromatic carbocycles. The molecule has 2 aliphatic rings. The van der Waals surface area contributed by atoms with Crippen LogP contribution < -0.4 is 10.6 Å². The van der Waals surface area contributed by atoms with Crippen molar-refractivity contribution in [2.24, 2.45) is 10.4 Å². The summed E-state index contributed by atoms with van der Waals surface area (Å²) in [5.41, 5.74) is 1.11. The van der Waals surface area contributed by atoms with Crippen LogP contribution in [-0.4, -0.2) is 94.0 Å². The summed E-state index contributed by atoms with van der Waals surface area (Å²) in [5, 5.41) is 6.90. The van der Waals surface area contributed by atoms with Gasteiger partial charge in [0.25, 0.3) is 0 Å². The first-order valence-electron chi connectivity index (χ1n) is 12.1. The Hall–Kier alpha value is -2.12. The third-order valence-electron chi connectivity index (χ3n) is 7.03. The number of benzene rings is 1. The van der Waals surface area contributed by atoms with Gasteiger partial charge in [0, 0.05) is 66.5 Å². The van der Waals surface area contributed by atoms with Gasteiger partial charge < -0.3 is 20.4 Å². The van der Waals surface area contributed by atoms with Crippen molar-refractivity contribution in [1.29, 1.82) is 0 Å². The van der Waals surface area contributed by atoms with E-state index in [1.807, 2.05) is 14.1 Å². The lowest BCUT2D eigenvalue weighted by Gasteiger charge is -2.40. The number of amides is 1. The second-order valence-electron chi connectivity index (χ2n) is 9.62. The highest BCUT2D eigenvalue weighted by Crippen LogP contribution is 2.38. The molecule has 1 amide bonds. The van der Waals surface area contributed by atoms with E-state index in [-0.39, 0.29) is 11.3 Å². The lowest BCUT2D eigenvalue weighted by atomic mass is 9.84. The first kappa shape index (κ1) is 24.5. The summed E-state index contributed by atoms with van der Waals surface area (Å²) in [5.74, 6) is 1.03. The largest absolute Gasteiger partial charge is 0.356 e. The Morgan fingerprint density at radius 2 is 1.88 bits per heavy atom. The Morgan fingerprint density at radius 3 is 2.53 bits per heavy atom. The number of likely N-dealkylation sites (N-methyl/N-ethyl adjacent to an activating group) is 1. The van der Waals surface area contributed by atoms with Gasteiger partial charge in [-0.3, -0.25) is 14.7 Å². The summed E-state index contributed by atoms with van der Waals surface area (Å²) in [4.78, 5) is 23.9. The third-order valence-corrected chi connectivity index (χ3v) is 7.03. The first-order valence-corrected chi connectivity index (χ1v) is 12.1. The maximum Gasteiger partial charge on any atom is 0.230 e. The fourth-order valence-electron chi connectivity index (χ4n) is 5.17. The van der Waals surface area contributed by atoms with Crippen molar-refractivity contribution < 1.29 is 4.79 Å². The van der Waals surface area contributed by atoms with E-state index in [1.165, 1.54) is 5.56 Å². The Labute approximate surface area is 194 Å². The fourth-order valence-corrected chi connectivity index (χ4v) is 5.17. The van der Waals surface area contributed by atoms with E-state index in [1.54, 1.807) is 11.9 Å². The molecule has 1 aliphatic heterocycles. The van der Waals surface area contributed by atoms with Crippen molar-refractivity contribution in [1.82, 2.24) is 25.3 Å². The highest BCUT2D eigenvalue weighted by molar-refractivity contribution is 5.85. The predicted molar refractivity (Wildman–Crippen MR) is 132 cm³/mol. The van der Waals surface area contributed by atoms with Crippen LogP contribution in [0, 0.1) is 5.41 Å². The van der Waals surface area contributed by atoms with Crippen LogP contribution in [0.5, 0.6) is 0 Å². The van der Waals surface area contributed by atoms with E-state index in [4.69, 9.17) is 0 Å². The van der Waals surface area contributed by atoms with Gasteiger partial charge in [-0.1, -0.05) is 43.2 Å². The smallest absolute Gasteiger partial charge is 0.230 e. The van der Waals surface area contributed by atoms with Gasteiger partial charge in [-0.25, -0.2) is 0 Å². The monoisotopic (exact) mass is 442 g/mol. The number of hydrogen-bond donors (Lipinski definition) is 2. The van der Waals surface area contributed by atoms with Crippen molar-refractivity contribution in [3.8, 4) is 0 Å². The molecule has 1 atom stereocenters. The molecule has 3 rings (SSSR count). The molecule has 1 unspecified atom stereocenters. The number of guanidine groups is 1. The lowest BCUT2D eigenvalue weighted by Crippen LogP contribution is -2.50. The van der Waals surface area contributed by atoms with Gasteiger partial charge in [0.05, 0.1) is 5.41 Å². The second-order valence-corrected chi connectivity index (χ2v) is 9.62. The van der Waals surface area contributed by atoms with Crippen molar-refractivity contribution in [3.05, 3.63) is 35.9 Å². The molecule has 0 spiro atoms. The Kier molecular flexibility index (Phi) is 8.93. The van der Waals surface area contributed by atoms with E-state index >= 15 is 0 Å². The van der Waals surface area contributed by atoms with Crippen molar-refractivity contribution >= 4 is 11.9 Å². The molecule has 0 aromatic heterocycles. The number of carbonyl (C=O) groups excluding carboxylic acids is 1. The van der Waals surface area contributed by atoms with Gasteiger partial charge in [-0.05, 0) is 31.9 Å². The molecule has 7 heteroatoms. The second kappa shape index (κ2) is 11.7. The lowest BCUT2D eigenvalue weighted by molar-refractivity contribution is -0.138. The first-order chi connectivity index (χ1) is 15.4. The number of carbonyl (C=O) groups is 1. The van der Waals surface area contributed by atoms with Gasteiger partial charge in [0.2, 0.25) is 5.91 Å². The molecule has 0 radical (unpaired) electrons. The molecule has 32 heavy (non-hydrogen) atoms. The summed E-state index contributed by atoms with van der Waals surface area (Å²) in [6.45, 7) is 5.85.